The fourth-order valence-corrected chi connectivity index (χ4v) is 0.671. The van der Waals surface area contributed by atoms with Crippen LogP contribution < -0.4 is 0 Å². The van der Waals surface area contributed by atoms with Crippen LogP contribution in [0.15, 0.2) is 0 Å². The van der Waals surface area contributed by atoms with Crippen LogP contribution in [0.25, 0.3) is 0 Å². The minimum Gasteiger partial charge on any atom is -0.479 e. The molecule has 0 aromatic carbocycles. The lowest BCUT2D eigenvalue weighted by Crippen LogP contribution is -2.29. The maximum absolute atomic E-state index is 10.1. The standard InChI is InChI=1S/C4H7BO4/c6-4(7)3-1-2-5-9-8-3/h3,5H,1-2H2,(H,6,7). The summed E-state index contributed by atoms with van der Waals surface area (Å²) in [5.74, 6) is -0.949. The van der Waals surface area contributed by atoms with E-state index >= 15 is 0 Å². The molecular weight excluding hydrogens is 123 g/mol. The molecule has 5 heteroatoms. The fraction of sp³-hybridized carbons (Fsp3) is 0.750. The molecule has 0 aromatic rings. The lowest BCUT2D eigenvalue weighted by atomic mass is 9.90. The van der Waals surface area contributed by atoms with Gasteiger partial charge in [0.05, 0.1) is 0 Å². The van der Waals surface area contributed by atoms with E-state index in [0.29, 0.717) is 13.9 Å². The largest absolute Gasteiger partial charge is 0.479 e. The molecule has 1 unspecified atom stereocenters. The third-order valence-electron chi connectivity index (χ3n) is 1.15. The van der Waals surface area contributed by atoms with Crippen LogP contribution in [0.1, 0.15) is 6.42 Å². The van der Waals surface area contributed by atoms with Gasteiger partial charge in [-0.1, -0.05) is 0 Å². The van der Waals surface area contributed by atoms with Crippen molar-refractivity contribution in [3.05, 3.63) is 0 Å². The number of carboxylic acids is 1. The van der Waals surface area contributed by atoms with Gasteiger partial charge < -0.3 is 9.91 Å². The number of hydrogen-bond donors (Lipinski definition) is 1. The summed E-state index contributed by atoms with van der Waals surface area (Å²) in [6, 6.07) is 0. The van der Waals surface area contributed by atoms with Gasteiger partial charge in [0.1, 0.15) is 0 Å². The first kappa shape index (κ1) is 6.57. The van der Waals surface area contributed by atoms with Crippen molar-refractivity contribution in [3.63, 3.8) is 0 Å². The SMILES string of the molecule is O=C(O)C1CCBOO1. The Morgan fingerprint density at radius 2 is 2.56 bits per heavy atom. The van der Waals surface area contributed by atoms with Crippen LogP contribution in [-0.2, 0) is 14.5 Å². The van der Waals surface area contributed by atoms with Crippen molar-refractivity contribution in [3.8, 4) is 0 Å². The van der Waals surface area contributed by atoms with E-state index in [0.717, 1.165) is 6.32 Å². The second-order valence-electron chi connectivity index (χ2n) is 1.89. The minimum atomic E-state index is -0.949. The Balaban J connectivity index is 2.31. The minimum absolute atomic E-state index is 0.504. The van der Waals surface area contributed by atoms with Gasteiger partial charge in [-0.15, -0.1) is 0 Å². The van der Waals surface area contributed by atoms with E-state index < -0.39 is 12.1 Å². The van der Waals surface area contributed by atoms with Gasteiger partial charge in [0.25, 0.3) is 0 Å². The summed E-state index contributed by atoms with van der Waals surface area (Å²) in [6.07, 6.45) is 0.561. The summed E-state index contributed by atoms with van der Waals surface area (Å²) in [5, 5.41) is 8.33. The van der Waals surface area contributed by atoms with E-state index in [-0.39, 0.29) is 0 Å². The second kappa shape index (κ2) is 2.84. The Bertz CT molecular complexity index is 109. The Labute approximate surface area is 53.0 Å². The molecule has 0 saturated carbocycles. The van der Waals surface area contributed by atoms with Gasteiger partial charge in [0.15, 0.2) is 6.10 Å². The Hall–Kier alpha value is -0.545. The predicted molar refractivity (Wildman–Crippen MR) is 30.2 cm³/mol. The molecule has 1 atom stereocenters. The summed E-state index contributed by atoms with van der Waals surface area (Å²) in [5.41, 5.74) is 0. The summed E-state index contributed by atoms with van der Waals surface area (Å²) < 4.78 is 0. The molecule has 1 aliphatic heterocycles. The lowest BCUT2D eigenvalue weighted by molar-refractivity contribution is -0.257. The van der Waals surface area contributed by atoms with Crippen molar-refractivity contribution < 1.29 is 19.6 Å². The normalized spacial score (nSPS) is 26.9. The zero-order chi connectivity index (χ0) is 6.69. The molecule has 0 radical (unpaired) electrons. The number of carboxylic acid groups (broad SMARTS) is 1. The highest BCUT2D eigenvalue weighted by atomic mass is 17.2. The first-order valence-corrected chi connectivity index (χ1v) is 2.82. The van der Waals surface area contributed by atoms with Gasteiger partial charge >= 0.3 is 13.5 Å². The summed E-state index contributed by atoms with van der Waals surface area (Å²) in [7, 11) is 0.504. The molecule has 0 spiro atoms. The van der Waals surface area contributed by atoms with Crippen LogP contribution >= 0.6 is 0 Å². The number of carbonyl (C=O) groups is 1. The van der Waals surface area contributed by atoms with Gasteiger partial charge in [-0.25, -0.2) is 9.68 Å². The highest BCUT2D eigenvalue weighted by molar-refractivity contribution is 6.26. The van der Waals surface area contributed by atoms with Gasteiger partial charge in [0.2, 0.25) is 0 Å². The maximum Gasteiger partial charge on any atom is 0.336 e. The molecule has 4 nitrogen and oxygen atoms in total. The molecule has 9 heavy (non-hydrogen) atoms. The van der Waals surface area contributed by atoms with E-state index in [1.165, 1.54) is 0 Å². The van der Waals surface area contributed by atoms with Crippen LogP contribution in [0.2, 0.25) is 6.32 Å². The molecule has 1 heterocycles. The Morgan fingerprint density at radius 3 is 2.89 bits per heavy atom. The molecule has 1 aliphatic rings. The monoisotopic (exact) mass is 130 g/mol. The van der Waals surface area contributed by atoms with Crippen molar-refractivity contribution in [1.29, 1.82) is 0 Å². The van der Waals surface area contributed by atoms with Gasteiger partial charge in [0, 0.05) is 0 Å². The van der Waals surface area contributed by atoms with Crippen molar-refractivity contribution in [2.45, 2.75) is 18.8 Å². The van der Waals surface area contributed by atoms with E-state index in [1.807, 2.05) is 0 Å². The Kier molecular flexibility index (Phi) is 2.08. The molecule has 1 N–H and O–H groups in total. The summed E-state index contributed by atoms with van der Waals surface area (Å²) in [6.45, 7) is 0. The smallest absolute Gasteiger partial charge is 0.336 e. The lowest BCUT2D eigenvalue weighted by Gasteiger charge is -2.16. The van der Waals surface area contributed by atoms with Crippen LogP contribution in [0.4, 0.5) is 0 Å². The predicted octanol–water partition coefficient (Wildman–Crippen LogP) is -0.439. The van der Waals surface area contributed by atoms with Crippen LogP contribution in [0, 0.1) is 0 Å². The topological polar surface area (TPSA) is 55.8 Å². The summed E-state index contributed by atoms with van der Waals surface area (Å²) >= 11 is 0. The first-order chi connectivity index (χ1) is 4.30. The molecule has 0 aliphatic carbocycles. The average Bonchev–Trinajstić information content (AvgIpc) is 1.90. The fourth-order valence-electron chi connectivity index (χ4n) is 0.671. The van der Waals surface area contributed by atoms with Gasteiger partial charge in [-0.05, 0) is 12.7 Å². The van der Waals surface area contributed by atoms with Gasteiger partial charge in [-0.3, -0.25) is 0 Å². The van der Waals surface area contributed by atoms with E-state index in [2.05, 4.69) is 9.69 Å². The number of aliphatic carboxylic acids is 1. The maximum atomic E-state index is 10.1. The van der Waals surface area contributed by atoms with Crippen molar-refractivity contribution >= 4 is 13.5 Å². The second-order valence-corrected chi connectivity index (χ2v) is 1.89. The first-order valence-electron chi connectivity index (χ1n) is 2.82. The van der Waals surface area contributed by atoms with Crippen molar-refractivity contribution in [2.75, 3.05) is 0 Å². The van der Waals surface area contributed by atoms with Crippen LogP contribution in [-0.4, -0.2) is 24.7 Å². The van der Waals surface area contributed by atoms with Crippen molar-refractivity contribution in [1.82, 2.24) is 0 Å². The number of hydrogen-bond acceptors (Lipinski definition) is 3. The molecule has 0 amide bonds. The molecule has 1 rings (SSSR count). The highest BCUT2D eigenvalue weighted by Crippen LogP contribution is 2.08. The van der Waals surface area contributed by atoms with E-state index in [9.17, 15) is 4.79 Å². The molecule has 1 fully saturated rings. The third kappa shape index (κ3) is 1.69. The molecule has 50 valence electrons. The number of rotatable bonds is 1. The molecule has 0 aromatic heterocycles. The quantitative estimate of drug-likeness (QED) is 0.386. The highest BCUT2D eigenvalue weighted by Gasteiger charge is 2.22. The molecular formula is C4H7BO4. The van der Waals surface area contributed by atoms with E-state index in [1.54, 1.807) is 0 Å². The summed E-state index contributed by atoms with van der Waals surface area (Å²) in [4.78, 5) is 19.1. The van der Waals surface area contributed by atoms with Crippen LogP contribution in [0.5, 0.6) is 0 Å². The van der Waals surface area contributed by atoms with E-state index in [4.69, 9.17) is 5.11 Å². The molecule has 0 bridgehead atoms. The average molecular weight is 130 g/mol. The van der Waals surface area contributed by atoms with Crippen LogP contribution in [0.3, 0.4) is 0 Å². The molecule has 1 saturated heterocycles. The van der Waals surface area contributed by atoms with Gasteiger partial charge in [-0.2, -0.15) is 0 Å². The zero-order valence-corrected chi connectivity index (χ0v) is 4.87. The Morgan fingerprint density at radius 1 is 1.78 bits per heavy atom. The zero-order valence-electron chi connectivity index (χ0n) is 4.87. The van der Waals surface area contributed by atoms with Crippen molar-refractivity contribution in [2.24, 2.45) is 0 Å². The third-order valence-corrected chi connectivity index (χ3v) is 1.15.